The number of hydrogen-bond donors (Lipinski definition) is 6. The Morgan fingerprint density at radius 2 is 0.911 bits per heavy atom. The number of esters is 1. The molecule has 0 radical (unpaired) electrons. The molecule has 1 fully saturated rings. The van der Waals surface area contributed by atoms with Crippen LogP contribution in [-0.2, 0) is 47.9 Å². The third-order valence-electron chi connectivity index (χ3n) is 15.4. The second-order valence-electron chi connectivity index (χ2n) is 24.2. The molecule has 79 heavy (non-hydrogen) atoms. The Bertz CT molecular complexity index is 1890. The van der Waals surface area contributed by atoms with Crippen molar-refractivity contribution >= 4 is 53.2 Å². The van der Waals surface area contributed by atoms with Gasteiger partial charge in [-0.15, -0.1) is 0 Å². The van der Waals surface area contributed by atoms with E-state index < -0.39 is 83.3 Å². The first-order chi connectivity index (χ1) is 37.1. The number of carbonyl (C=O) groups excluding carboxylic acids is 9. The molecule has 1 aliphatic heterocycles. The lowest BCUT2D eigenvalue weighted by atomic mass is 9.93. The minimum absolute atomic E-state index is 0.0417. The zero-order chi connectivity index (χ0) is 60.0. The standard InChI is InChI=1S/C60H110N8O11/c1-16-43(9)49-57(75)66(13)51(42(7)8)55(73)64-45(39-40(3)4)56(74)68(15)53(60(11,12)78)59(77)79-52(44(10)17-2)58(76)67(14)50(41(5)6)54(72)63-38-32-26-19-22-28-34-47(70)61-36-30-24-18-21-27-33-46(69)62-37-31-25-20-23-29-35-48(71)65-49/h40-45,49-53,78H,16-39H2,1-15H3,(H,61,70)(H,62,69)(H,63,72)(H,64,73)(H,65,71)/t43-,44?,45+,49+,50+,51+,52-,53-/m1/s1. The van der Waals surface area contributed by atoms with E-state index in [0.717, 1.165) is 88.4 Å². The van der Waals surface area contributed by atoms with Gasteiger partial charge in [0.2, 0.25) is 41.4 Å². The molecule has 456 valence electrons. The Morgan fingerprint density at radius 3 is 1.34 bits per heavy atom. The van der Waals surface area contributed by atoms with Gasteiger partial charge in [-0.25, -0.2) is 4.79 Å². The van der Waals surface area contributed by atoms with Crippen LogP contribution in [-0.4, -0.2) is 156 Å². The molecule has 1 heterocycles. The number of likely N-dealkylation sites (N-methyl/N-ethyl adjacent to an activating group) is 3. The number of nitrogens with one attached hydrogen (secondary N) is 5. The number of ether oxygens (including phenoxy) is 1. The molecular weight excluding hydrogens is 1010 g/mol. The minimum atomic E-state index is -1.91. The highest BCUT2D eigenvalue weighted by Gasteiger charge is 2.46. The van der Waals surface area contributed by atoms with E-state index in [1.54, 1.807) is 20.8 Å². The lowest BCUT2D eigenvalue weighted by Crippen LogP contribution is -2.62. The Balaban J connectivity index is 3.49. The summed E-state index contributed by atoms with van der Waals surface area (Å²) >= 11 is 0. The number of carbonyl (C=O) groups is 9. The fourth-order valence-electron chi connectivity index (χ4n) is 10.3. The van der Waals surface area contributed by atoms with E-state index in [-0.39, 0.29) is 54.2 Å². The Kier molecular flexibility index (Phi) is 34.7. The third-order valence-corrected chi connectivity index (χ3v) is 15.4. The monoisotopic (exact) mass is 1120 g/mol. The van der Waals surface area contributed by atoms with Crippen LogP contribution in [0.15, 0.2) is 0 Å². The number of cyclic esters (lactones) is 1. The molecule has 0 aliphatic carbocycles. The van der Waals surface area contributed by atoms with Gasteiger partial charge in [-0.2, -0.15) is 0 Å². The summed E-state index contributed by atoms with van der Waals surface area (Å²) in [6.45, 7) is 22.6. The SMILES string of the molecule is CCC(C)[C@H]1OC(=O)[C@H](C(C)(C)O)N(C)C(=O)[C@H](CC(C)C)NC(=O)[C@H](C(C)C)N(C)C(=O)[C@H]([C@H](C)CC)NC(=O)CCCCCCCNC(=O)CCCCCCCNC(=O)CCCCCCCNC(=O)[C@H](C(C)C)N(C)C1=O. The van der Waals surface area contributed by atoms with Crippen LogP contribution in [0.1, 0.15) is 218 Å². The molecular formula is C60H110N8O11. The first-order valence-electron chi connectivity index (χ1n) is 30.3. The molecule has 6 N–H and O–H groups in total. The van der Waals surface area contributed by atoms with Crippen molar-refractivity contribution in [1.82, 2.24) is 41.3 Å². The van der Waals surface area contributed by atoms with E-state index in [1.807, 2.05) is 48.5 Å². The van der Waals surface area contributed by atoms with Gasteiger partial charge in [-0.1, -0.05) is 133 Å². The van der Waals surface area contributed by atoms with E-state index in [9.17, 15) is 48.3 Å². The normalized spacial score (nSPS) is 25.6. The summed E-state index contributed by atoms with van der Waals surface area (Å²) < 4.78 is 6.04. The van der Waals surface area contributed by atoms with E-state index in [1.165, 1.54) is 44.8 Å². The average Bonchev–Trinajstić information content (AvgIpc) is 3.39. The van der Waals surface area contributed by atoms with Gasteiger partial charge in [0.25, 0.3) is 5.91 Å². The molecule has 0 aromatic rings. The van der Waals surface area contributed by atoms with Gasteiger partial charge < -0.3 is 51.1 Å². The number of aliphatic hydroxyl groups is 1. The van der Waals surface area contributed by atoms with Gasteiger partial charge in [0.05, 0.1) is 5.60 Å². The van der Waals surface area contributed by atoms with Gasteiger partial charge in [0.1, 0.15) is 24.2 Å². The lowest BCUT2D eigenvalue weighted by molar-refractivity contribution is -0.177. The highest BCUT2D eigenvalue weighted by Crippen LogP contribution is 2.25. The van der Waals surface area contributed by atoms with Gasteiger partial charge in [0.15, 0.2) is 12.1 Å². The Morgan fingerprint density at radius 1 is 0.506 bits per heavy atom. The average molecular weight is 1120 g/mol. The summed E-state index contributed by atoms with van der Waals surface area (Å²) in [6.07, 6.45) is 13.7. The molecule has 1 unspecified atom stereocenters. The Labute approximate surface area is 476 Å². The molecule has 0 spiro atoms. The number of amides is 8. The van der Waals surface area contributed by atoms with Gasteiger partial charge >= 0.3 is 5.97 Å². The molecule has 8 atom stereocenters. The van der Waals surface area contributed by atoms with Crippen LogP contribution < -0.4 is 26.6 Å². The maximum atomic E-state index is 14.7. The summed E-state index contributed by atoms with van der Waals surface area (Å²) in [7, 11) is 4.35. The topological polar surface area (TPSA) is 253 Å². The van der Waals surface area contributed by atoms with Crippen molar-refractivity contribution < 1.29 is 53.0 Å². The van der Waals surface area contributed by atoms with Crippen molar-refractivity contribution in [3.63, 3.8) is 0 Å². The van der Waals surface area contributed by atoms with E-state index >= 15 is 0 Å². The molecule has 1 rings (SSSR count). The van der Waals surface area contributed by atoms with Crippen molar-refractivity contribution in [2.45, 2.75) is 260 Å². The smallest absolute Gasteiger partial charge is 0.332 e. The van der Waals surface area contributed by atoms with Crippen LogP contribution >= 0.6 is 0 Å². The molecule has 19 heteroatoms. The number of rotatable bonds is 9. The van der Waals surface area contributed by atoms with Crippen LogP contribution in [0.3, 0.4) is 0 Å². The summed E-state index contributed by atoms with van der Waals surface area (Å²) in [5, 5.41) is 26.4. The summed E-state index contributed by atoms with van der Waals surface area (Å²) in [5.41, 5.74) is -1.91. The van der Waals surface area contributed by atoms with Gasteiger partial charge in [0, 0.05) is 66.0 Å². The third kappa shape index (κ3) is 26.6. The molecule has 0 saturated carbocycles. The van der Waals surface area contributed by atoms with Crippen LogP contribution in [0.5, 0.6) is 0 Å². The predicted molar refractivity (Wildman–Crippen MR) is 310 cm³/mol. The maximum Gasteiger partial charge on any atom is 0.332 e. The fourth-order valence-corrected chi connectivity index (χ4v) is 10.3. The molecule has 1 saturated heterocycles. The first-order valence-corrected chi connectivity index (χ1v) is 30.3. The number of nitrogens with zero attached hydrogens (tertiary/aromatic N) is 3. The van der Waals surface area contributed by atoms with Crippen molar-refractivity contribution in [3.8, 4) is 0 Å². The van der Waals surface area contributed by atoms with Crippen LogP contribution in [0, 0.1) is 29.6 Å². The predicted octanol–water partition coefficient (Wildman–Crippen LogP) is 6.95. The molecule has 1 aliphatic rings. The Hall–Kier alpha value is -4.81. The van der Waals surface area contributed by atoms with Crippen LogP contribution in [0.4, 0.5) is 0 Å². The highest BCUT2D eigenvalue weighted by atomic mass is 16.6. The summed E-state index contributed by atoms with van der Waals surface area (Å²) in [6, 6.07) is -5.77. The molecule has 0 aromatic carbocycles. The van der Waals surface area contributed by atoms with Crippen molar-refractivity contribution in [3.05, 3.63) is 0 Å². The van der Waals surface area contributed by atoms with Crippen LogP contribution in [0.2, 0.25) is 0 Å². The van der Waals surface area contributed by atoms with Gasteiger partial charge in [-0.3, -0.25) is 38.4 Å². The molecule has 19 nitrogen and oxygen atoms in total. The first kappa shape index (κ1) is 72.2. The fraction of sp³-hybridized carbons (Fsp3) is 0.850. The van der Waals surface area contributed by atoms with E-state index in [2.05, 4.69) is 26.6 Å². The highest BCUT2D eigenvalue weighted by molar-refractivity contribution is 5.96. The molecule has 0 aromatic heterocycles. The lowest BCUT2D eigenvalue weighted by Gasteiger charge is -2.39. The van der Waals surface area contributed by atoms with Crippen molar-refractivity contribution in [2.24, 2.45) is 29.6 Å². The minimum Gasteiger partial charge on any atom is -0.450 e. The molecule has 0 bridgehead atoms. The maximum absolute atomic E-state index is 14.7. The second kappa shape index (κ2) is 38.0. The van der Waals surface area contributed by atoms with Crippen molar-refractivity contribution in [1.29, 1.82) is 0 Å². The van der Waals surface area contributed by atoms with Crippen molar-refractivity contribution in [2.75, 3.05) is 40.8 Å². The summed E-state index contributed by atoms with van der Waals surface area (Å²) in [4.78, 5) is 128. The van der Waals surface area contributed by atoms with E-state index in [0.29, 0.717) is 58.2 Å². The second-order valence-corrected chi connectivity index (χ2v) is 24.2. The largest absolute Gasteiger partial charge is 0.450 e. The quantitative estimate of drug-likeness (QED) is 0.129. The zero-order valence-corrected chi connectivity index (χ0v) is 51.7. The zero-order valence-electron chi connectivity index (χ0n) is 51.7. The van der Waals surface area contributed by atoms with E-state index in [4.69, 9.17) is 4.74 Å². The van der Waals surface area contributed by atoms with Gasteiger partial charge in [-0.05, 0) is 88.9 Å². The number of hydrogen-bond acceptors (Lipinski definition) is 11. The van der Waals surface area contributed by atoms with Crippen LogP contribution in [0.25, 0.3) is 0 Å². The summed E-state index contributed by atoms with van der Waals surface area (Å²) in [5.74, 6) is -5.69. The molecule has 8 amide bonds.